The van der Waals surface area contributed by atoms with E-state index in [4.69, 9.17) is 4.74 Å². The Morgan fingerprint density at radius 1 is 1.38 bits per heavy atom. The molecular formula is C22H29FIN5O2S. The summed E-state index contributed by atoms with van der Waals surface area (Å²) in [5, 5.41) is 8.24. The van der Waals surface area contributed by atoms with Crippen LogP contribution >= 0.6 is 35.3 Å². The van der Waals surface area contributed by atoms with Gasteiger partial charge in [0.05, 0.1) is 18.3 Å². The van der Waals surface area contributed by atoms with Crippen molar-refractivity contribution in [2.24, 2.45) is 4.99 Å². The average molecular weight is 573 g/mol. The van der Waals surface area contributed by atoms with E-state index in [9.17, 15) is 9.18 Å². The van der Waals surface area contributed by atoms with E-state index >= 15 is 0 Å². The summed E-state index contributed by atoms with van der Waals surface area (Å²) >= 11 is 1.33. The minimum absolute atomic E-state index is 0. The van der Waals surface area contributed by atoms with Crippen LogP contribution in [-0.4, -0.2) is 41.6 Å². The number of hydrogen-bond acceptors (Lipinski definition) is 5. The van der Waals surface area contributed by atoms with E-state index in [1.165, 1.54) is 17.4 Å². The third-order valence-electron chi connectivity index (χ3n) is 4.72. The number of nitrogens with zero attached hydrogens (tertiary/aromatic N) is 2. The maximum absolute atomic E-state index is 13.6. The fourth-order valence-corrected chi connectivity index (χ4v) is 4.18. The Labute approximate surface area is 208 Å². The first kappa shape index (κ1) is 26.0. The first-order valence-electron chi connectivity index (χ1n) is 10.4. The van der Waals surface area contributed by atoms with Crippen LogP contribution in [0.3, 0.4) is 0 Å². The molecule has 2 aromatic heterocycles. The van der Waals surface area contributed by atoms with Crippen molar-refractivity contribution in [2.75, 3.05) is 19.7 Å². The predicted octanol–water partition coefficient (Wildman–Crippen LogP) is 4.73. The molecule has 1 aromatic carbocycles. The lowest BCUT2D eigenvalue weighted by atomic mass is 10.1. The lowest BCUT2D eigenvalue weighted by Gasteiger charge is -2.16. The van der Waals surface area contributed by atoms with Crippen LogP contribution in [0.1, 0.15) is 52.7 Å². The number of hydrogen-bond donors (Lipinski definition) is 3. The number of carbonyl (C=O) groups is 1. The number of ether oxygens (including phenoxy) is 1. The topological polar surface area (TPSA) is 91.4 Å². The van der Waals surface area contributed by atoms with E-state index < -0.39 is 0 Å². The number of guanidine groups is 1. The van der Waals surface area contributed by atoms with Crippen molar-refractivity contribution in [2.45, 2.75) is 40.2 Å². The molecule has 0 aliphatic heterocycles. The SMILES string of the molecule is CCNC(=NCCc1c[nH]c2ccc(F)cc12)NC(C)c1nc(C)c(C(=O)OCC)s1.I. The molecule has 3 aromatic rings. The number of thiazole rings is 1. The molecule has 0 spiro atoms. The van der Waals surface area contributed by atoms with Gasteiger partial charge in [-0.15, -0.1) is 35.3 Å². The van der Waals surface area contributed by atoms with Crippen LogP contribution in [0.15, 0.2) is 29.4 Å². The molecule has 0 bridgehead atoms. The van der Waals surface area contributed by atoms with Crippen LogP contribution in [-0.2, 0) is 11.2 Å². The van der Waals surface area contributed by atoms with Gasteiger partial charge in [-0.25, -0.2) is 14.2 Å². The molecule has 174 valence electrons. The largest absolute Gasteiger partial charge is 0.462 e. The molecule has 3 N–H and O–H groups in total. The normalized spacial score (nSPS) is 12.3. The average Bonchev–Trinajstić information content (AvgIpc) is 3.31. The van der Waals surface area contributed by atoms with Gasteiger partial charge >= 0.3 is 5.97 Å². The molecule has 0 aliphatic carbocycles. The van der Waals surface area contributed by atoms with Gasteiger partial charge in [0.2, 0.25) is 0 Å². The predicted molar refractivity (Wildman–Crippen MR) is 138 cm³/mol. The summed E-state index contributed by atoms with van der Waals surface area (Å²) in [4.78, 5) is 24.9. The molecular weight excluding hydrogens is 544 g/mol. The lowest BCUT2D eigenvalue weighted by molar-refractivity contribution is 0.0531. The molecule has 7 nitrogen and oxygen atoms in total. The lowest BCUT2D eigenvalue weighted by Crippen LogP contribution is -2.38. The summed E-state index contributed by atoms with van der Waals surface area (Å²) in [5.41, 5.74) is 2.60. The maximum atomic E-state index is 13.6. The van der Waals surface area contributed by atoms with Crippen LogP contribution in [0.25, 0.3) is 10.9 Å². The first-order chi connectivity index (χ1) is 14.9. The number of H-pyrrole nitrogens is 1. The summed E-state index contributed by atoms with van der Waals surface area (Å²) < 4.78 is 18.7. The summed E-state index contributed by atoms with van der Waals surface area (Å²) in [6.45, 7) is 9.14. The number of aryl methyl sites for hydroxylation is 1. The third-order valence-corrected chi connectivity index (χ3v) is 6.04. The fraction of sp³-hybridized carbons (Fsp3) is 0.409. The van der Waals surface area contributed by atoms with Crippen LogP contribution in [0.4, 0.5) is 4.39 Å². The van der Waals surface area contributed by atoms with Gasteiger partial charge in [-0.3, -0.25) is 4.99 Å². The number of halogens is 2. The number of carbonyl (C=O) groups excluding carboxylic acids is 1. The summed E-state index contributed by atoms with van der Waals surface area (Å²) in [6.07, 6.45) is 2.58. The van der Waals surface area contributed by atoms with Gasteiger partial charge < -0.3 is 20.4 Å². The third kappa shape index (κ3) is 6.41. The molecule has 0 fully saturated rings. The molecule has 10 heteroatoms. The van der Waals surface area contributed by atoms with Crippen molar-refractivity contribution in [3.8, 4) is 0 Å². The summed E-state index contributed by atoms with van der Waals surface area (Å²) in [6, 6.07) is 4.60. The molecule has 0 amide bonds. The first-order valence-corrected chi connectivity index (χ1v) is 11.2. The molecule has 32 heavy (non-hydrogen) atoms. The quantitative estimate of drug-likeness (QED) is 0.157. The van der Waals surface area contributed by atoms with Gasteiger partial charge in [0.15, 0.2) is 5.96 Å². The van der Waals surface area contributed by atoms with Crippen molar-refractivity contribution in [1.82, 2.24) is 20.6 Å². The van der Waals surface area contributed by atoms with Gasteiger partial charge in [-0.1, -0.05) is 0 Å². The number of aromatic nitrogens is 2. The fourth-order valence-electron chi connectivity index (χ4n) is 3.22. The Hall–Kier alpha value is -2.21. The molecule has 0 radical (unpaired) electrons. The van der Waals surface area contributed by atoms with E-state index in [0.717, 1.165) is 21.5 Å². The minimum atomic E-state index is -0.341. The van der Waals surface area contributed by atoms with Crippen molar-refractivity contribution in [1.29, 1.82) is 0 Å². The highest BCUT2D eigenvalue weighted by Crippen LogP contribution is 2.24. The minimum Gasteiger partial charge on any atom is -0.462 e. The number of fused-ring (bicyclic) bond motifs is 1. The number of nitrogens with one attached hydrogen (secondary N) is 3. The maximum Gasteiger partial charge on any atom is 0.350 e. The molecule has 0 aliphatic rings. The van der Waals surface area contributed by atoms with Gasteiger partial charge in [0.1, 0.15) is 15.7 Å². The molecule has 0 saturated heterocycles. The second-order valence-electron chi connectivity index (χ2n) is 7.07. The summed E-state index contributed by atoms with van der Waals surface area (Å²) in [5.74, 6) is 0.0693. The van der Waals surface area contributed by atoms with E-state index in [-0.39, 0.29) is 41.8 Å². The van der Waals surface area contributed by atoms with Gasteiger partial charge in [0, 0.05) is 30.2 Å². The Bertz CT molecular complexity index is 1080. The number of aromatic amines is 1. The standard InChI is InChI=1S/C22H28FN5O2S.HI/c1-5-24-22(25-10-9-15-12-26-18-8-7-16(23)11-17(15)18)28-14(4)20-27-13(3)19(31-20)21(29)30-6-2;/h7-8,11-12,14,26H,5-6,9-10H2,1-4H3,(H2,24,25,28);1H. The van der Waals surface area contributed by atoms with Crippen molar-refractivity contribution in [3.63, 3.8) is 0 Å². The zero-order chi connectivity index (χ0) is 22.4. The van der Waals surface area contributed by atoms with Crippen LogP contribution in [0.5, 0.6) is 0 Å². The Balaban J connectivity index is 0.00000363. The number of benzene rings is 1. The van der Waals surface area contributed by atoms with E-state index in [2.05, 4.69) is 25.6 Å². The molecule has 2 heterocycles. The summed E-state index contributed by atoms with van der Waals surface area (Å²) in [7, 11) is 0. The molecule has 1 atom stereocenters. The van der Waals surface area contributed by atoms with Crippen molar-refractivity contribution in [3.05, 3.63) is 51.4 Å². The van der Waals surface area contributed by atoms with Gasteiger partial charge in [-0.05, 0) is 57.9 Å². The second-order valence-corrected chi connectivity index (χ2v) is 8.10. The monoisotopic (exact) mass is 573 g/mol. The van der Waals surface area contributed by atoms with Crippen molar-refractivity contribution >= 4 is 58.1 Å². The number of rotatable bonds is 8. The van der Waals surface area contributed by atoms with E-state index in [0.29, 0.717) is 42.6 Å². The van der Waals surface area contributed by atoms with Crippen molar-refractivity contribution < 1.29 is 13.9 Å². The number of aliphatic imine (C=N–C) groups is 1. The van der Waals surface area contributed by atoms with Crippen LogP contribution in [0, 0.1) is 12.7 Å². The Morgan fingerprint density at radius 2 is 2.16 bits per heavy atom. The number of esters is 1. The highest BCUT2D eigenvalue weighted by atomic mass is 127. The van der Waals surface area contributed by atoms with Crippen LogP contribution in [0.2, 0.25) is 0 Å². The second kappa shape index (κ2) is 12.1. The highest BCUT2D eigenvalue weighted by molar-refractivity contribution is 14.0. The Morgan fingerprint density at radius 3 is 2.88 bits per heavy atom. The highest BCUT2D eigenvalue weighted by Gasteiger charge is 2.20. The zero-order valence-corrected chi connectivity index (χ0v) is 21.8. The Kier molecular flexibility index (Phi) is 9.88. The smallest absolute Gasteiger partial charge is 0.350 e. The molecule has 1 unspecified atom stereocenters. The van der Waals surface area contributed by atoms with E-state index in [1.807, 2.05) is 27.0 Å². The molecule has 3 rings (SSSR count). The zero-order valence-electron chi connectivity index (χ0n) is 18.6. The van der Waals surface area contributed by atoms with Crippen LogP contribution < -0.4 is 10.6 Å². The van der Waals surface area contributed by atoms with Gasteiger partial charge in [0.25, 0.3) is 0 Å². The van der Waals surface area contributed by atoms with Gasteiger partial charge in [-0.2, -0.15) is 0 Å². The van der Waals surface area contributed by atoms with E-state index in [1.54, 1.807) is 19.1 Å². The molecule has 0 saturated carbocycles.